The number of hydrogen-bond acceptors (Lipinski definition) is 15. The van der Waals surface area contributed by atoms with Gasteiger partial charge in [0.25, 0.3) is 5.91 Å². The topological polar surface area (TPSA) is 206 Å². The molecule has 492 valence electrons. The average Bonchev–Trinajstić information content (AvgIpc) is 1.72. The minimum absolute atomic E-state index is 0.0369. The maximum Gasteiger partial charge on any atom is 0.407 e. The second kappa shape index (κ2) is 27.1. The van der Waals surface area contributed by atoms with Gasteiger partial charge in [0.2, 0.25) is 5.91 Å². The third kappa shape index (κ3) is 14.6. The highest BCUT2D eigenvalue weighted by atomic mass is 19.4. The van der Waals surface area contributed by atoms with E-state index in [0.717, 1.165) is 71.2 Å². The van der Waals surface area contributed by atoms with Crippen LogP contribution < -0.4 is 31.2 Å². The van der Waals surface area contributed by atoms with Crippen molar-refractivity contribution in [1.29, 1.82) is 0 Å². The van der Waals surface area contributed by atoms with E-state index in [1.54, 1.807) is 42.6 Å². The van der Waals surface area contributed by atoms with E-state index in [0.29, 0.717) is 110 Å². The number of fused-ring (bicyclic) bond motifs is 4. The molecule has 6 aliphatic rings. The molecule has 4 bridgehead atoms. The first-order chi connectivity index (χ1) is 43.1. The molecule has 27 heteroatoms. The van der Waals surface area contributed by atoms with E-state index in [1.165, 1.54) is 38.3 Å². The van der Waals surface area contributed by atoms with E-state index >= 15 is 8.78 Å². The first-order valence-corrected chi connectivity index (χ1v) is 30.6. The van der Waals surface area contributed by atoms with Gasteiger partial charge >= 0.3 is 24.5 Å². The molecule has 1 saturated carbocycles. The Balaban J connectivity index is 0.910. The number of hydrogen-bond donors (Lipinski definition) is 5. The molecule has 91 heavy (non-hydrogen) atoms. The summed E-state index contributed by atoms with van der Waals surface area (Å²) >= 11 is 0. The number of nitrogens with zero attached hydrogens (tertiary/aromatic N) is 7. The molecule has 5 aliphatic heterocycles. The quantitative estimate of drug-likeness (QED) is 0.0328. The molecule has 0 spiro atoms. The van der Waals surface area contributed by atoms with Crippen molar-refractivity contribution in [2.45, 2.75) is 158 Å². The van der Waals surface area contributed by atoms with E-state index in [9.17, 15) is 50.6 Å². The second-order valence-corrected chi connectivity index (χ2v) is 25.7. The third-order valence-corrected chi connectivity index (χ3v) is 19.1. The van der Waals surface area contributed by atoms with Crippen LogP contribution in [0, 0.1) is 34.3 Å². The molecule has 1 aliphatic carbocycles. The molecule has 2 aromatic heterocycles. The number of amides is 4. The van der Waals surface area contributed by atoms with E-state index < -0.39 is 108 Å². The van der Waals surface area contributed by atoms with Crippen molar-refractivity contribution in [3.8, 4) is 23.0 Å². The predicted molar refractivity (Wildman–Crippen MR) is 319 cm³/mol. The molecule has 19 nitrogen and oxygen atoms in total. The van der Waals surface area contributed by atoms with Crippen LogP contribution in [-0.2, 0) is 36.8 Å². The number of carbonyl (C=O) groups is 4. The number of rotatable bonds is 20. The van der Waals surface area contributed by atoms with E-state index in [2.05, 4.69) is 56.6 Å². The molecular weight excluding hydrogens is 1200 g/mol. The van der Waals surface area contributed by atoms with Gasteiger partial charge in [-0.25, -0.2) is 33.3 Å². The molecular formula is C64H77F8N11O8. The standard InChI is InChI=1S/C64H77F8N11O8/c1-61(2,63(67,68)69)55(76-59(87)89-5)57(85)75-51(24-38-13-10-37(11-14-38)12-15-39-16-22-53(73-27-39)79-29-43-18-19-44(30-79)82(43)42-8-7-9-42)52(84)34-81(78-58(86)56(77-60(88)90-6)62(3,4)64(70,71)72)33-48-49(65)25-41(26-50(48)66)40-17-23-54(74-28-40)80-31-45-20-21-46(32-80)83(45)47-35-91-36-47/h10-11,13-14,16-17,22-23,25-28,42-47,51-52,55-56,84H,7-9,18-21,24,29-36H2,1-6H3,(H,75,85)(H,76,87)(H,77,88)(H,78,86)/t43?,44?,45?,46?,51-,52-,55+,56+/m0/s1. The Bertz CT molecular complexity index is 3270. The van der Waals surface area contributed by atoms with Crippen LogP contribution in [0.2, 0.25) is 0 Å². The van der Waals surface area contributed by atoms with Crippen molar-refractivity contribution in [1.82, 2.24) is 46.2 Å². The number of methoxy groups -OCH3 is 2. The van der Waals surface area contributed by atoms with Gasteiger partial charge in [-0.2, -0.15) is 26.3 Å². The summed E-state index contributed by atoms with van der Waals surface area (Å²) in [5, 5.41) is 19.1. The van der Waals surface area contributed by atoms with Gasteiger partial charge in [0.15, 0.2) is 0 Å². The van der Waals surface area contributed by atoms with Gasteiger partial charge in [-0.05, 0) is 132 Å². The molecule has 7 heterocycles. The summed E-state index contributed by atoms with van der Waals surface area (Å²) in [5.41, 5.74) is -2.88. The number of piperazine rings is 2. The van der Waals surface area contributed by atoms with E-state index in [4.69, 9.17) is 9.72 Å². The fraction of sp³-hybridized carbons (Fsp3) is 0.562. The number of ether oxygens (including phenoxy) is 3. The summed E-state index contributed by atoms with van der Waals surface area (Å²) in [6, 6.07) is 11.5. The number of halogens is 8. The number of hydrazine groups is 1. The number of pyridine rings is 2. The predicted octanol–water partition coefficient (Wildman–Crippen LogP) is 7.63. The maximum atomic E-state index is 16.6. The van der Waals surface area contributed by atoms with Gasteiger partial charge < -0.3 is 45.1 Å². The minimum Gasteiger partial charge on any atom is -0.453 e. The largest absolute Gasteiger partial charge is 0.453 e. The Morgan fingerprint density at radius 3 is 1.56 bits per heavy atom. The molecule has 4 unspecified atom stereocenters. The SMILES string of the molecule is COC(=O)N[C@H](C(=O)N[C@@H](Cc1ccc(C#Cc2ccc(N3CC4CCC(C3)N4C3CCC3)nc2)cc1)[C@@H](O)CN(Cc1c(F)cc(-c2ccc(N3CC4CCC(C3)N4C3COC3)nc2)cc1F)NC(=O)[C@@H](NC(=O)OC)C(C)(C)C(F)(F)F)C(C)(C)C(F)(F)F. The fourth-order valence-electron chi connectivity index (χ4n) is 13.2. The molecule has 8 atom stereocenters. The van der Waals surface area contributed by atoms with Crippen LogP contribution in [0.25, 0.3) is 11.1 Å². The molecule has 10 rings (SSSR count). The lowest BCUT2D eigenvalue weighted by molar-refractivity contribution is -0.221. The van der Waals surface area contributed by atoms with Crippen molar-refractivity contribution in [3.05, 3.63) is 107 Å². The third-order valence-electron chi connectivity index (χ3n) is 19.1. The lowest BCUT2D eigenvalue weighted by Gasteiger charge is -2.48. The van der Waals surface area contributed by atoms with Gasteiger partial charge in [0.05, 0.1) is 56.5 Å². The zero-order valence-corrected chi connectivity index (χ0v) is 51.5. The summed E-state index contributed by atoms with van der Waals surface area (Å²) in [7, 11) is 1.69. The van der Waals surface area contributed by atoms with Gasteiger partial charge in [-0.1, -0.05) is 30.4 Å². The van der Waals surface area contributed by atoms with Crippen molar-refractivity contribution >= 4 is 35.6 Å². The van der Waals surface area contributed by atoms with Crippen molar-refractivity contribution in [2.24, 2.45) is 10.8 Å². The first kappa shape index (κ1) is 66.5. The Kier molecular flexibility index (Phi) is 19.8. The lowest BCUT2D eigenvalue weighted by atomic mass is 9.82. The monoisotopic (exact) mass is 1280 g/mol. The minimum atomic E-state index is -5.19. The zero-order valence-electron chi connectivity index (χ0n) is 51.5. The highest BCUT2D eigenvalue weighted by Gasteiger charge is 2.58. The van der Waals surface area contributed by atoms with E-state index in [-0.39, 0.29) is 5.56 Å². The van der Waals surface area contributed by atoms with Crippen LogP contribution >= 0.6 is 0 Å². The number of nitrogens with one attached hydrogen (secondary N) is 4. The van der Waals surface area contributed by atoms with E-state index in [1.807, 2.05) is 22.8 Å². The maximum absolute atomic E-state index is 16.6. The highest BCUT2D eigenvalue weighted by molar-refractivity contribution is 5.87. The summed E-state index contributed by atoms with van der Waals surface area (Å²) in [4.78, 5) is 72.7. The normalized spacial score (nSPS) is 22.0. The molecule has 5 N–H and O–H groups in total. The molecule has 4 amide bonds. The number of carbonyl (C=O) groups excluding carboxylic acids is 4. The molecule has 6 fully saturated rings. The zero-order chi connectivity index (χ0) is 65.3. The van der Waals surface area contributed by atoms with Crippen LogP contribution in [0.3, 0.4) is 0 Å². The lowest BCUT2D eigenvalue weighted by Crippen LogP contribution is -2.63. The number of aliphatic hydroxyl groups excluding tert-OH is 1. The van der Waals surface area contributed by atoms with Gasteiger partial charge in [0, 0.05) is 104 Å². The fourth-order valence-corrected chi connectivity index (χ4v) is 13.2. The number of alkyl halides is 6. The second-order valence-electron chi connectivity index (χ2n) is 25.7. The number of aromatic nitrogens is 2. The Labute approximate surface area is 522 Å². The van der Waals surface area contributed by atoms with Crippen LogP contribution in [-0.4, -0.2) is 187 Å². The van der Waals surface area contributed by atoms with Crippen LogP contribution in [0.4, 0.5) is 56.3 Å². The number of alkyl carbamates (subject to hydrolysis) is 2. The Hall–Kier alpha value is -7.38. The van der Waals surface area contributed by atoms with Gasteiger partial charge in [-0.15, -0.1) is 0 Å². The Morgan fingerprint density at radius 1 is 0.637 bits per heavy atom. The summed E-state index contributed by atoms with van der Waals surface area (Å²) in [5.74, 6) is 2.16. The highest BCUT2D eigenvalue weighted by Crippen LogP contribution is 2.43. The number of aliphatic hydroxyl groups is 1. The van der Waals surface area contributed by atoms with Crippen molar-refractivity contribution < 1.29 is 73.6 Å². The van der Waals surface area contributed by atoms with Crippen molar-refractivity contribution in [2.75, 3.05) is 70.0 Å². The average molecular weight is 1280 g/mol. The smallest absolute Gasteiger partial charge is 0.407 e. The number of anilines is 2. The number of benzene rings is 2. The first-order valence-electron chi connectivity index (χ1n) is 30.6. The van der Waals surface area contributed by atoms with Crippen molar-refractivity contribution in [3.63, 3.8) is 0 Å². The summed E-state index contributed by atoms with van der Waals surface area (Å²) < 4.78 is 136. The summed E-state index contributed by atoms with van der Waals surface area (Å²) in [6.07, 6.45) is -4.36. The van der Waals surface area contributed by atoms with Crippen LogP contribution in [0.15, 0.2) is 73.1 Å². The van der Waals surface area contributed by atoms with Gasteiger partial charge in [0.1, 0.15) is 35.4 Å². The van der Waals surface area contributed by atoms with Gasteiger partial charge in [-0.3, -0.25) is 24.8 Å². The summed E-state index contributed by atoms with van der Waals surface area (Å²) in [6.45, 7) is 5.10. The molecule has 0 radical (unpaired) electrons. The molecule has 4 aromatic rings. The molecule has 5 saturated heterocycles. The Morgan fingerprint density at radius 2 is 1.12 bits per heavy atom. The molecule has 2 aromatic carbocycles. The van der Waals surface area contributed by atoms with Crippen LogP contribution in [0.5, 0.6) is 0 Å². The van der Waals surface area contributed by atoms with Crippen LogP contribution in [0.1, 0.15) is 94.9 Å².